The largest absolute Gasteiger partial charge is 0.355 e. The minimum Gasteiger partial charge on any atom is -0.355 e. The predicted molar refractivity (Wildman–Crippen MR) is 103 cm³/mol. The fourth-order valence-electron chi connectivity index (χ4n) is 4.03. The van der Waals surface area contributed by atoms with Crippen LogP contribution in [0.4, 0.5) is 5.82 Å². The summed E-state index contributed by atoms with van der Waals surface area (Å²) in [7, 11) is 0. The van der Waals surface area contributed by atoms with Gasteiger partial charge in [-0.2, -0.15) is 5.10 Å². The molecule has 2 aliphatic rings. The van der Waals surface area contributed by atoms with Gasteiger partial charge in [0.25, 0.3) is 0 Å². The number of piperidine rings is 1. The molecular weight excluding hydrogens is 371 g/mol. The first kappa shape index (κ1) is 16.3. The van der Waals surface area contributed by atoms with Gasteiger partial charge in [-0.1, -0.05) is 29.3 Å². The summed E-state index contributed by atoms with van der Waals surface area (Å²) in [6, 6.07) is 5.47. The summed E-state index contributed by atoms with van der Waals surface area (Å²) < 4.78 is 1.69. The van der Waals surface area contributed by atoms with E-state index in [1.165, 1.54) is 6.42 Å². The fourth-order valence-corrected chi connectivity index (χ4v) is 4.41. The number of hydrogen-bond acceptors (Lipinski definition) is 5. The van der Waals surface area contributed by atoms with E-state index < -0.39 is 0 Å². The second-order valence-corrected chi connectivity index (χ2v) is 7.76. The highest BCUT2D eigenvalue weighted by molar-refractivity contribution is 6.43. The van der Waals surface area contributed by atoms with Crippen LogP contribution < -0.4 is 10.2 Å². The van der Waals surface area contributed by atoms with Crippen LogP contribution in [-0.4, -0.2) is 45.9 Å². The zero-order chi connectivity index (χ0) is 17.7. The number of nitrogens with zero attached hydrogens (tertiary/aromatic N) is 5. The van der Waals surface area contributed by atoms with Crippen LogP contribution in [-0.2, 0) is 0 Å². The van der Waals surface area contributed by atoms with Gasteiger partial charge in [-0.3, -0.25) is 0 Å². The number of rotatable bonds is 2. The van der Waals surface area contributed by atoms with Gasteiger partial charge >= 0.3 is 0 Å². The number of nitrogens with one attached hydrogen (secondary N) is 1. The van der Waals surface area contributed by atoms with Crippen LogP contribution in [0.2, 0.25) is 10.0 Å². The van der Waals surface area contributed by atoms with E-state index >= 15 is 0 Å². The zero-order valence-corrected chi connectivity index (χ0v) is 15.6. The van der Waals surface area contributed by atoms with E-state index in [0.29, 0.717) is 27.3 Å². The van der Waals surface area contributed by atoms with Gasteiger partial charge < -0.3 is 10.2 Å². The summed E-state index contributed by atoms with van der Waals surface area (Å²) in [5.74, 6) is 2.42. The molecule has 5 rings (SSSR count). The van der Waals surface area contributed by atoms with E-state index in [0.717, 1.165) is 43.4 Å². The molecule has 1 N–H and O–H groups in total. The van der Waals surface area contributed by atoms with Crippen LogP contribution in [0, 0.1) is 11.8 Å². The van der Waals surface area contributed by atoms with Gasteiger partial charge in [0.05, 0.1) is 28.1 Å². The van der Waals surface area contributed by atoms with Gasteiger partial charge in [0.1, 0.15) is 11.3 Å². The SMILES string of the molecule is Clc1cccc(-n2ncc3nc(N4CCC5CNCC5C4)cnc32)c1Cl. The zero-order valence-electron chi connectivity index (χ0n) is 14.1. The molecule has 6 nitrogen and oxygen atoms in total. The Hall–Kier alpha value is -1.89. The van der Waals surface area contributed by atoms with Gasteiger partial charge in [0.15, 0.2) is 5.65 Å². The Labute approximate surface area is 161 Å². The van der Waals surface area contributed by atoms with Crippen molar-refractivity contribution < 1.29 is 0 Å². The first-order chi connectivity index (χ1) is 12.7. The van der Waals surface area contributed by atoms with Crippen molar-refractivity contribution in [3.63, 3.8) is 0 Å². The maximum Gasteiger partial charge on any atom is 0.181 e. The van der Waals surface area contributed by atoms with Crippen molar-refractivity contribution in [2.75, 3.05) is 31.1 Å². The molecule has 4 heterocycles. The maximum absolute atomic E-state index is 6.33. The third-order valence-electron chi connectivity index (χ3n) is 5.45. The van der Waals surface area contributed by atoms with Gasteiger partial charge in [0.2, 0.25) is 0 Å². The predicted octanol–water partition coefficient (Wildman–Crippen LogP) is 3.17. The molecule has 0 saturated carbocycles. The van der Waals surface area contributed by atoms with Crippen molar-refractivity contribution >= 4 is 40.2 Å². The van der Waals surface area contributed by atoms with E-state index in [1.54, 1.807) is 16.9 Å². The number of anilines is 1. The quantitative estimate of drug-likeness (QED) is 0.730. The van der Waals surface area contributed by atoms with E-state index in [-0.39, 0.29) is 0 Å². The molecule has 2 unspecified atom stereocenters. The molecule has 2 saturated heterocycles. The van der Waals surface area contributed by atoms with Crippen molar-refractivity contribution in [1.29, 1.82) is 0 Å². The van der Waals surface area contributed by atoms with Crippen LogP contribution >= 0.6 is 23.2 Å². The average Bonchev–Trinajstić information content (AvgIpc) is 3.29. The molecule has 0 spiro atoms. The summed E-state index contributed by atoms with van der Waals surface area (Å²) in [5, 5.41) is 8.88. The lowest BCUT2D eigenvalue weighted by Crippen LogP contribution is -2.40. The molecule has 26 heavy (non-hydrogen) atoms. The second-order valence-electron chi connectivity index (χ2n) is 6.98. The van der Waals surface area contributed by atoms with Crippen molar-refractivity contribution in [3.8, 4) is 5.69 Å². The third-order valence-corrected chi connectivity index (χ3v) is 6.26. The van der Waals surface area contributed by atoms with Crippen LogP contribution in [0.15, 0.2) is 30.6 Å². The summed E-state index contributed by atoms with van der Waals surface area (Å²) in [5.41, 5.74) is 2.13. The van der Waals surface area contributed by atoms with Crippen molar-refractivity contribution in [2.45, 2.75) is 6.42 Å². The molecule has 134 valence electrons. The van der Waals surface area contributed by atoms with Gasteiger partial charge in [-0.05, 0) is 43.5 Å². The molecule has 2 fully saturated rings. The Kier molecular flexibility index (Phi) is 3.99. The van der Waals surface area contributed by atoms with E-state index in [2.05, 4.69) is 20.3 Å². The van der Waals surface area contributed by atoms with Crippen LogP contribution in [0.1, 0.15) is 6.42 Å². The van der Waals surface area contributed by atoms with Crippen molar-refractivity contribution in [2.24, 2.45) is 11.8 Å². The molecule has 0 radical (unpaired) electrons. The molecule has 2 atom stereocenters. The Morgan fingerprint density at radius 1 is 1.12 bits per heavy atom. The molecule has 2 aromatic heterocycles. The summed E-state index contributed by atoms with van der Waals surface area (Å²) in [6.45, 7) is 4.31. The topological polar surface area (TPSA) is 58.9 Å². The summed E-state index contributed by atoms with van der Waals surface area (Å²) >= 11 is 12.5. The smallest absolute Gasteiger partial charge is 0.181 e. The van der Waals surface area contributed by atoms with Crippen molar-refractivity contribution in [3.05, 3.63) is 40.6 Å². The molecule has 0 aliphatic carbocycles. The van der Waals surface area contributed by atoms with Gasteiger partial charge in [0, 0.05) is 13.1 Å². The van der Waals surface area contributed by atoms with Crippen molar-refractivity contribution in [1.82, 2.24) is 25.1 Å². The molecular formula is C18H18Cl2N6. The summed E-state index contributed by atoms with van der Waals surface area (Å²) in [4.78, 5) is 11.8. The molecule has 2 aliphatic heterocycles. The van der Waals surface area contributed by atoms with Crippen LogP contribution in [0.5, 0.6) is 0 Å². The minimum atomic E-state index is 0.459. The van der Waals surface area contributed by atoms with Crippen LogP contribution in [0.3, 0.4) is 0 Å². The fraction of sp³-hybridized carbons (Fsp3) is 0.389. The van der Waals surface area contributed by atoms with Crippen LogP contribution in [0.25, 0.3) is 16.9 Å². The number of halogens is 2. The normalized spacial score (nSPS) is 22.8. The molecule has 3 aromatic rings. The lowest BCUT2D eigenvalue weighted by atomic mass is 9.89. The third kappa shape index (κ3) is 2.64. The maximum atomic E-state index is 6.33. The van der Waals surface area contributed by atoms with Gasteiger partial charge in [-0.15, -0.1) is 0 Å². The van der Waals surface area contributed by atoms with E-state index in [1.807, 2.05) is 18.3 Å². The Morgan fingerprint density at radius 3 is 2.92 bits per heavy atom. The number of benzene rings is 1. The highest BCUT2D eigenvalue weighted by Crippen LogP contribution is 2.31. The lowest BCUT2D eigenvalue weighted by Gasteiger charge is -2.35. The van der Waals surface area contributed by atoms with E-state index in [9.17, 15) is 0 Å². The standard InChI is InChI=1S/C18H18Cl2N6/c19-13-2-1-3-15(17(13)20)26-18-14(8-23-26)24-16(9-22-18)25-5-4-11-6-21-7-12(11)10-25/h1-3,8-9,11-12,21H,4-7,10H2. The lowest BCUT2D eigenvalue weighted by molar-refractivity contribution is 0.347. The number of aromatic nitrogens is 4. The second kappa shape index (κ2) is 6.37. The summed E-state index contributed by atoms with van der Waals surface area (Å²) in [6.07, 6.45) is 4.77. The monoisotopic (exact) mass is 388 g/mol. The van der Waals surface area contributed by atoms with Gasteiger partial charge in [-0.25, -0.2) is 14.6 Å². The average molecular weight is 389 g/mol. The first-order valence-corrected chi connectivity index (χ1v) is 9.57. The molecule has 0 amide bonds. The molecule has 0 bridgehead atoms. The molecule has 8 heteroatoms. The Morgan fingerprint density at radius 2 is 2.00 bits per heavy atom. The first-order valence-electron chi connectivity index (χ1n) is 8.81. The Balaban J connectivity index is 1.49. The molecule has 1 aromatic carbocycles. The Bertz CT molecular complexity index is 971. The number of hydrogen-bond donors (Lipinski definition) is 1. The highest BCUT2D eigenvalue weighted by Gasteiger charge is 2.33. The van der Waals surface area contributed by atoms with E-state index in [4.69, 9.17) is 28.2 Å². The minimum absolute atomic E-state index is 0.459. The number of fused-ring (bicyclic) bond motifs is 2. The highest BCUT2D eigenvalue weighted by atomic mass is 35.5.